The van der Waals surface area contributed by atoms with Gasteiger partial charge < -0.3 is 14.8 Å². The highest BCUT2D eigenvalue weighted by atomic mass is 16.5. The summed E-state index contributed by atoms with van der Waals surface area (Å²) in [5.74, 6) is 1.17. The molecule has 0 bridgehead atoms. The maximum absolute atomic E-state index is 12.2. The number of piperidine rings is 1. The Kier molecular flexibility index (Phi) is 7.95. The number of nitrogens with one attached hydrogen (secondary N) is 1. The maximum Gasteiger partial charge on any atom is 0.223 e. The minimum absolute atomic E-state index is 0.0688. The van der Waals surface area contributed by atoms with Crippen LogP contribution >= 0.6 is 0 Å². The largest absolute Gasteiger partial charge is 0.496 e. The molecule has 0 radical (unpaired) electrons. The van der Waals surface area contributed by atoms with Crippen molar-refractivity contribution in [2.75, 3.05) is 40.5 Å². The van der Waals surface area contributed by atoms with Crippen molar-refractivity contribution < 1.29 is 14.3 Å². The second kappa shape index (κ2) is 10.2. The molecule has 1 fully saturated rings. The van der Waals surface area contributed by atoms with Crippen LogP contribution in [0.2, 0.25) is 0 Å². The SMILES string of the molecule is COCC(C)NC(=O)C1CCN(C/C=C/c2ccccc2OC)CC1. The fourth-order valence-corrected chi connectivity index (χ4v) is 3.16. The van der Waals surface area contributed by atoms with E-state index in [4.69, 9.17) is 9.47 Å². The van der Waals surface area contributed by atoms with E-state index in [0.717, 1.165) is 43.8 Å². The van der Waals surface area contributed by atoms with E-state index in [1.165, 1.54) is 0 Å². The van der Waals surface area contributed by atoms with Gasteiger partial charge in [-0.3, -0.25) is 9.69 Å². The van der Waals surface area contributed by atoms with Gasteiger partial charge in [0, 0.05) is 31.2 Å². The molecule has 138 valence electrons. The van der Waals surface area contributed by atoms with E-state index in [9.17, 15) is 4.79 Å². The van der Waals surface area contributed by atoms with E-state index in [0.29, 0.717) is 6.61 Å². The van der Waals surface area contributed by atoms with E-state index in [-0.39, 0.29) is 17.9 Å². The molecule has 2 rings (SSSR count). The smallest absolute Gasteiger partial charge is 0.223 e. The molecule has 1 unspecified atom stereocenters. The molecule has 0 spiro atoms. The quantitative estimate of drug-likeness (QED) is 0.786. The molecule has 25 heavy (non-hydrogen) atoms. The third-order valence-corrected chi connectivity index (χ3v) is 4.56. The highest BCUT2D eigenvalue weighted by Gasteiger charge is 2.25. The molecule has 0 aromatic heterocycles. The molecule has 1 aliphatic rings. The Hall–Kier alpha value is -1.85. The number of nitrogens with zero attached hydrogens (tertiary/aromatic N) is 1. The van der Waals surface area contributed by atoms with Crippen LogP contribution in [0.4, 0.5) is 0 Å². The summed E-state index contributed by atoms with van der Waals surface area (Å²) >= 11 is 0. The first-order chi connectivity index (χ1) is 12.1. The Morgan fingerprint density at radius 1 is 1.32 bits per heavy atom. The highest BCUT2D eigenvalue weighted by molar-refractivity contribution is 5.79. The molecule has 5 nitrogen and oxygen atoms in total. The van der Waals surface area contributed by atoms with Crippen molar-refractivity contribution in [1.29, 1.82) is 0 Å². The average Bonchev–Trinajstić information content (AvgIpc) is 2.63. The average molecular weight is 346 g/mol. The Balaban J connectivity index is 1.75. The zero-order valence-electron chi connectivity index (χ0n) is 15.5. The Morgan fingerprint density at radius 2 is 2.04 bits per heavy atom. The first-order valence-corrected chi connectivity index (χ1v) is 8.95. The Labute approximate surface area is 151 Å². The summed E-state index contributed by atoms with van der Waals surface area (Å²) in [6, 6.07) is 8.07. The molecule has 1 N–H and O–H groups in total. The third-order valence-electron chi connectivity index (χ3n) is 4.56. The highest BCUT2D eigenvalue weighted by Crippen LogP contribution is 2.20. The molecule has 5 heteroatoms. The first kappa shape index (κ1) is 19.5. The summed E-state index contributed by atoms with van der Waals surface area (Å²) in [5, 5.41) is 3.03. The van der Waals surface area contributed by atoms with Gasteiger partial charge in [-0.2, -0.15) is 0 Å². The van der Waals surface area contributed by atoms with Crippen LogP contribution < -0.4 is 10.1 Å². The number of likely N-dealkylation sites (tertiary alicyclic amines) is 1. The summed E-state index contributed by atoms with van der Waals surface area (Å²) in [6.07, 6.45) is 6.09. The predicted octanol–water partition coefficient (Wildman–Crippen LogP) is 2.57. The second-order valence-corrected chi connectivity index (χ2v) is 6.58. The normalized spacial score (nSPS) is 17.6. The van der Waals surface area contributed by atoms with Gasteiger partial charge in [0.1, 0.15) is 5.75 Å². The Bertz CT molecular complexity index is 566. The molecule has 0 saturated carbocycles. The van der Waals surface area contributed by atoms with Crippen LogP contribution in [0.1, 0.15) is 25.3 Å². The summed E-state index contributed by atoms with van der Waals surface area (Å²) in [5.41, 5.74) is 1.09. The van der Waals surface area contributed by atoms with E-state index in [2.05, 4.69) is 22.4 Å². The molecular formula is C20H30N2O3. The monoisotopic (exact) mass is 346 g/mol. The lowest BCUT2D eigenvalue weighted by Crippen LogP contribution is -2.44. The van der Waals surface area contributed by atoms with Crippen molar-refractivity contribution >= 4 is 12.0 Å². The van der Waals surface area contributed by atoms with Crippen molar-refractivity contribution in [3.63, 3.8) is 0 Å². The Morgan fingerprint density at radius 3 is 2.72 bits per heavy atom. The number of hydrogen-bond donors (Lipinski definition) is 1. The molecule has 1 heterocycles. The molecule has 1 aromatic rings. The van der Waals surface area contributed by atoms with Gasteiger partial charge in [-0.25, -0.2) is 0 Å². The molecule has 1 amide bonds. The molecule has 1 aliphatic heterocycles. The summed E-state index contributed by atoms with van der Waals surface area (Å²) < 4.78 is 10.4. The van der Waals surface area contributed by atoms with Gasteiger partial charge in [0.25, 0.3) is 0 Å². The molecule has 0 aliphatic carbocycles. The minimum Gasteiger partial charge on any atom is -0.496 e. The van der Waals surface area contributed by atoms with E-state index >= 15 is 0 Å². The van der Waals surface area contributed by atoms with Crippen molar-refractivity contribution in [3.8, 4) is 5.75 Å². The lowest BCUT2D eigenvalue weighted by atomic mass is 9.95. The zero-order valence-corrected chi connectivity index (χ0v) is 15.5. The van der Waals surface area contributed by atoms with Crippen molar-refractivity contribution in [2.45, 2.75) is 25.8 Å². The van der Waals surface area contributed by atoms with Crippen LogP contribution in [0.15, 0.2) is 30.3 Å². The van der Waals surface area contributed by atoms with Crippen LogP contribution in [0.5, 0.6) is 5.75 Å². The van der Waals surface area contributed by atoms with Gasteiger partial charge >= 0.3 is 0 Å². The molecule has 1 aromatic carbocycles. The molecular weight excluding hydrogens is 316 g/mol. The van der Waals surface area contributed by atoms with Crippen LogP contribution in [0, 0.1) is 5.92 Å². The van der Waals surface area contributed by atoms with Crippen molar-refractivity contribution in [1.82, 2.24) is 10.2 Å². The number of carbonyl (C=O) groups excluding carboxylic acids is 1. The number of hydrogen-bond acceptors (Lipinski definition) is 4. The zero-order chi connectivity index (χ0) is 18.1. The van der Waals surface area contributed by atoms with Crippen LogP contribution in [-0.4, -0.2) is 57.3 Å². The van der Waals surface area contributed by atoms with E-state index in [1.807, 2.05) is 31.2 Å². The number of para-hydroxylation sites is 1. The van der Waals surface area contributed by atoms with E-state index < -0.39 is 0 Å². The van der Waals surface area contributed by atoms with Gasteiger partial charge in [-0.1, -0.05) is 30.4 Å². The fourth-order valence-electron chi connectivity index (χ4n) is 3.16. The number of benzene rings is 1. The number of ether oxygens (including phenoxy) is 2. The van der Waals surface area contributed by atoms with Crippen molar-refractivity contribution in [2.24, 2.45) is 5.92 Å². The standard InChI is InChI=1S/C20H30N2O3/c1-16(15-24-2)21-20(23)18-10-13-22(14-11-18)12-6-8-17-7-4-5-9-19(17)25-3/h4-9,16,18H,10-15H2,1-3H3,(H,21,23)/b8-6+. The summed E-state index contributed by atoms with van der Waals surface area (Å²) in [4.78, 5) is 14.6. The van der Waals surface area contributed by atoms with E-state index in [1.54, 1.807) is 14.2 Å². The number of carbonyl (C=O) groups is 1. The first-order valence-electron chi connectivity index (χ1n) is 8.95. The number of rotatable bonds is 8. The van der Waals surface area contributed by atoms with Crippen LogP contribution in [-0.2, 0) is 9.53 Å². The lowest BCUT2D eigenvalue weighted by molar-refractivity contribution is -0.127. The number of methoxy groups -OCH3 is 2. The predicted molar refractivity (Wildman–Crippen MR) is 101 cm³/mol. The van der Waals surface area contributed by atoms with Gasteiger partial charge in [-0.15, -0.1) is 0 Å². The van der Waals surface area contributed by atoms with Gasteiger partial charge in [0.2, 0.25) is 5.91 Å². The summed E-state index contributed by atoms with van der Waals surface area (Å²) in [6.45, 7) is 5.32. The third kappa shape index (κ3) is 6.18. The van der Waals surface area contributed by atoms with Crippen LogP contribution in [0.25, 0.3) is 6.08 Å². The van der Waals surface area contributed by atoms with Crippen molar-refractivity contribution in [3.05, 3.63) is 35.9 Å². The van der Waals surface area contributed by atoms with Gasteiger partial charge in [-0.05, 0) is 38.9 Å². The van der Waals surface area contributed by atoms with Gasteiger partial charge in [0.15, 0.2) is 0 Å². The molecule has 1 atom stereocenters. The maximum atomic E-state index is 12.2. The molecule has 1 saturated heterocycles. The second-order valence-electron chi connectivity index (χ2n) is 6.58. The number of amides is 1. The van der Waals surface area contributed by atoms with Crippen LogP contribution in [0.3, 0.4) is 0 Å². The fraction of sp³-hybridized carbons (Fsp3) is 0.550. The summed E-state index contributed by atoms with van der Waals surface area (Å²) in [7, 11) is 3.34. The van der Waals surface area contributed by atoms with Gasteiger partial charge in [0.05, 0.1) is 13.7 Å². The minimum atomic E-state index is 0.0688. The topological polar surface area (TPSA) is 50.8 Å². The lowest BCUT2D eigenvalue weighted by Gasteiger charge is -2.31.